The first-order chi connectivity index (χ1) is 13.8. The summed E-state index contributed by atoms with van der Waals surface area (Å²) in [5.41, 5.74) is 8.78. The molecule has 3 rings (SSSR count). The highest BCUT2D eigenvalue weighted by molar-refractivity contribution is 14.0. The fourth-order valence-corrected chi connectivity index (χ4v) is 3.08. The number of nitrogens with two attached hydrogens (primary N) is 1. The molecule has 0 radical (unpaired) electrons. The predicted octanol–water partition coefficient (Wildman–Crippen LogP) is 3.73. The van der Waals surface area contributed by atoms with Crippen LogP contribution in [-0.2, 0) is 11.3 Å². The molecule has 1 saturated heterocycles. The van der Waals surface area contributed by atoms with E-state index >= 15 is 0 Å². The van der Waals surface area contributed by atoms with Gasteiger partial charge in [-0.3, -0.25) is 4.98 Å². The van der Waals surface area contributed by atoms with Crippen LogP contribution in [0.4, 0.5) is 4.79 Å². The van der Waals surface area contributed by atoms with E-state index in [4.69, 9.17) is 10.5 Å². The molecule has 0 atom stereocenters. The van der Waals surface area contributed by atoms with E-state index in [1.807, 2.05) is 62.1 Å². The molecular formula is C22H30IN5O2. The summed E-state index contributed by atoms with van der Waals surface area (Å²) in [7, 11) is 0. The highest BCUT2D eigenvalue weighted by Crippen LogP contribution is 2.18. The average Bonchev–Trinajstić information content (AvgIpc) is 2.72. The second-order valence-corrected chi connectivity index (χ2v) is 8.04. The van der Waals surface area contributed by atoms with Crippen LogP contribution < -0.4 is 5.73 Å². The van der Waals surface area contributed by atoms with Crippen LogP contribution in [0.15, 0.2) is 53.7 Å². The molecule has 1 fully saturated rings. The van der Waals surface area contributed by atoms with E-state index in [1.54, 1.807) is 11.1 Å². The Morgan fingerprint density at radius 3 is 2.43 bits per heavy atom. The molecule has 0 saturated carbocycles. The topological polar surface area (TPSA) is 84.0 Å². The molecule has 0 unspecified atom stereocenters. The van der Waals surface area contributed by atoms with Crippen LogP contribution in [0, 0.1) is 0 Å². The van der Waals surface area contributed by atoms with Gasteiger partial charge in [0.1, 0.15) is 5.60 Å². The minimum absolute atomic E-state index is 0. The number of benzene rings is 1. The lowest BCUT2D eigenvalue weighted by molar-refractivity contribution is 0.0186. The molecule has 8 heteroatoms. The summed E-state index contributed by atoms with van der Waals surface area (Å²) < 4.78 is 5.43. The van der Waals surface area contributed by atoms with Gasteiger partial charge in [-0.15, -0.1) is 24.0 Å². The zero-order valence-electron chi connectivity index (χ0n) is 17.7. The fourth-order valence-electron chi connectivity index (χ4n) is 3.08. The molecule has 0 spiro atoms. The summed E-state index contributed by atoms with van der Waals surface area (Å²) in [5, 5.41) is 0. The van der Waals surface area contributed by atoms with Crippen LogP contribution in [0.3, 0.4) is 0 Å². The number of pyridine rings is 1. The van der Waals surface area contributed by atoms with Crippen molar-refractivity contribution in [3.8, 4) is 11.3 Å². The zero-order chi connectivity index (χ0) is 20.9. The van der Waals surface area contributed by atoms with E-state index in [9.17, 15) is 4.79 Å². The SMILES string of the molecule is CC(C)(C)OC(=O)N1CCN(C(N)=NCc2cccc(-c3ccccn3)c2)CC1.I. The van der Waals surface area contributed by atoms with Crippen molar-refractivity contribution < 1.29 is 9.53 Å². The number of rotatable bonds is 3. The van der Waals surface area contributed by atoms with Gasteiger partial charge in [0.15, 0.2) is 5.96 Å². The van der Waals surface area contributed by atoms with Gasteiger partial charge in [-0.2, -0.15) is 0 Å². The van der Waals surface area contributed by atoms with E-state index in [1.165, 1.54) is 0 Å². The lowest BCUT2D eigenvalue weighted by Crippen LogP contribution is -2.53. The van der Waals surface area contributed by atoms with Crippen LogP contribution >= 0.6 is 24.0 Å². The van der Waals surface area contributed by atoms with Crippen molar-refractivity contribution in [1.82, 2.24) is 14.8 Å². The minimum atomic E-state index is -0.488. The van der Waals surface area contributed by atoms with Gasteiger partial charge >= 0.3 is 6.09 Å². The Bertz CT molecular complexity index is 859. The van der Waals surface area contributed by atoms with Gasteiger partial charge in [-0.1, -0.05) is 24.3 Å². The molecule has 1 aromatic heterocycles. The first-order valence-corrected chi connectivity index (χ1v) is 9.85. The quantitative estimate of drug-likeness (QED) is 0.377. The smallest absolute Gasteiger partial charge is 0.410 e. The second-order valence-electron chi connectivity index (χ2n) is 8.04. The lowest BCUT2D eigenvalue weighted by atomic mass is 10.1. The number of nitrogens with zero attached hydrogens (tertiary/aromatic N) is 4. The van der Waals surface area contributed by atoms with Gasteiger partial charge in [0.25, 0.3) is 0 Å². The normalized spacial score (nSPS) is 14.8. The van der Waals surface area contributed by atoms with Crippen molar-refractivity contribution in [3.63, 3.8) is 0 Å². The molecule has 2 N–H and O–H groups in total. The molecular weight excluding hydrogens is 493 g/mol. The van der Waals surface area contributed by atoms with Gasteiger partial charge in [0, 0.05) is 37.9 Å². The number of amides is 1. The van der Waals surface area contributed by atoms with Gasteiger partial charge in [0.05, 0.1) is 12.2 Å². The Morgan fingerprint density at radius 2 is 1.80 bits per heavy atom. The summed E-state index contributed by atoms with van der Waals surface area (Å²) in [6, 6.07) is 14.0. The summed E-state index contributed by atoms with van der Waals surface area (Å²) in [5.74, 6) is 0.497. The van der Waals surface area contributed by atoms with Gasteiger partial charge < -0.3 is 20.3 Å². The monoisotopic (exact) mass is 523 g/mol. The minimum Gasteiger partial charge on any atom is -0.444 e. The van der Waals surface area contributed by atoms with Gasteiger partial charge in [-0.05, 0) is 44.5 Å². The first kappa shape index (κ1) is 23.9. The Labute approximate surface area is 195 Å². The maximum absolute atomic E-state index is 12.2. The van der Waals surface area contributed by atoms with E-state index < -0.39 is 5.60 Å². The third-order valence-electron chi connectivity index (χ3n) is 4.57. The number of aromatic nitrogens is 1. The van der Waals surface area contributed by atoms with Crippen molar-refractivity contribution >= 4 is 36.0 Å². The Balaban J connectivity index is 0.00000320. The number of aliphatic imine (C=N–C) groups is 1. The van der Waals surface area contributed by atoms with E-state index in [0.29, 0.717) is 38.7 Å². The number of guanidine groups is 1. The maximum Gasteiger partial charge on any atom is 0.410 e. The number of halogens is 1. The third-order valence-corrected chi connectivity index (χ3v) is 4.57. The van der Waals surface area contributed by atoms with Crippen molar-refractivity contribution in [1.29, 1.82) is 0 Å². The van der Waals surface area contributed by atoms with Crippen molar-refractivity contribution in [2.75, 3.05) is 26.2 Å². The Morgan fingerprint density at radius 1 is 1.10 bits per heavy atom. The van der Waals surface area contributed by atoms with Crippen molar-refractivity contribution in [3.05, 3.63) is 54.2 Å². The summed E-state index contributed by atoms with van der Waals surface area (Å²) >= 11 is 0. The number of ether oxygens (including phenoxy) is 1. The number of hydrogen-bond acceptors (Lipinski definition) is 4. The molecule has 1 aromatic carbocycles. The van der Waals surface area contributed by atoms with Crippen LogP contribution in [0.25, 0.3) is 11.3 Å². The zero-order valence-corrected chi connectivity index (χ0v) is 20.1. The van der Waals surface area contributed by atoms with Crippen molar-refractivity contribution in [2.24, 2.45) is 10.7 Å². The van der Waals surface area contributed by atoms with E-state index in [0.717, 1.165) is 16.8 Å². The molecule has 0 aliphatic carbocycles. The maximum atomic E-state index is 12.2. The molecule has 2 heterocycles. The predicted molar refractivity (Wildman–Crippen MR) is 130 cm³/mol. The Hall–Kier alpha value is -2.36. The molecule has 162 valence electrons. The molecule has 0 bridgehead atoms. The standard InChI is InChI=1S/C22H29N5O2.HI/c1-22(2,3)29-21(28)27-13-11-26(12-14-27)20(23)25-16-17-7-6-8-18(15-17)19-9-4-5-10-24-19;/h4-10,15H,11-14,16H2,1-3H3,(H2,23,25);1H. The average molecular weight is 523 g/mol. The number of hydrogen-bond donors (Lipinski definition) is 1. The molecule has 2 aromatic rings. The lowest BCUT2D eigenvalue weighted by Gasteiger charge is -2.36. The van der Waals surface area contributed by atoms with Crippen LogP contribution in [0.5, 0.6) is 0 Å². The number of carbonyl (C=O) groups excluding carboxylic acids is 1. The molecule has 1 amide bonds. The summed E-state index contributed by atoms with van der Waals surface area (Å²) in [6.07, 6.45) is 1.51. The van der Waals surface area contributed by atoms with E-state index in [-0.39, 0.29) is 30.1 Å². The van der Waals surface area contributed by atoms with Gasteiger partial charge in [0.2, 0.25) is 0 Å². The second kappa shape index (κ2) is 10.6. The molecule has 30 heavy (non-hydrogen) atoms. The van der Waals surface area contributed by atoms with E-state index in [2.05, 4.69) is 16.0 Å². The van der Waals surface area contributed by atoms with Crippen LogP contribution in [0.1, 0.15) is 26.3 Å². The molecule has 7 nitrogen and oxygen atoms in total. The molecule has 1 aliphatic heterocycles. The van der Waals surface area contributed by atoms with Crippen LogP contribution in [0.2, 0.25) is 0 Å². The Kier molecular flexibility index (Phi) is 8.45. The molecule has 1 aliphatic rings. The number of carbonyl (C=O) groups is 1. The fraction of sp³-hybridized carbons (Fsp3) is 0.409. The van der Waals surface area contributed by atoms with Crippen LogP contribution in [-0.4, -0.2) is 58.6 Å². The third kappa shape index (κ3) is 6.86. The highest BCUT2D eigenvalue weighted by Gasteiger charge is 2.26. The number of piperazine rings is 1. The highest BCUT2D eigenvalue weighted by atomic mass is 127. The first-order valence-electron chi connectivity index (χ1n) is 9.85. The van der Waals surface area contributed by atoms with Gasteiger partial charge in [-0.25, -0.2) is 9.79 Å². The summed E-state index contributed by atoms with van der Waals surface area (Å²) in [6.45, 7) is 8.53. The van der Waals surface area contributed by atoms with Crippen molar-refractivity contribution in [2.45, 2.75) is 32.9 Å². The summed E-state index contributed by atoms with van der Waals surface area (Å²) in [4.78, 5) is 24.8. The largest absolute Gasteiger partial charge is 0.444 e.